The zero-order valence-corrected chi connectivity index (χ0v) is 11.2. The molecule has 2 rings (SSSR count). The Morgan fingerprint density at radius 2 is 1.78 bits per heavy atom. The third kappa shape index (κ3) is 3.70. The molecule has 0 spiro atoms. The molecule has 1 aromatic rings. The van der Waals surface area contributed by atoms with E-state index in [0.29, 0.717) is 6.54 Å². The molecular weight excluding hydrogens is 224 g/mol. The third-order valence-electron chi connectivity index (χ3n) is 3.46. The van der Waals surface area contributed by atoms with Gasteiger partial charge in [-0.1, -0.05) is 12.1 Å². The summed E-state index contributed by atoms with van der Waals surface area (Å²) in [5, 5.41) is 3.31. The summed E-state index contributed by atoms with van der Waals surface area (Å²) in [6.07, 6.45) is 0. The molecule has 0 bridgehead atoms. The third-order valence-corrected chi connectivity index (χ3v) is 3.46. The number of nitrogens with zero attached hydrogens (tertiary/aromatic N) is 2. The molecule has 1 heterocycles. The van der Waals surface area contributed by atoms with Crippen LogP contribution in [0.5, 0.6) is 0 Å². The van der Waals surface area contributed by atoms with Gasteiger partial charge >= 0.3 is 0 Å². The molecule has 0 atom stereocenters. The second-order valence-corrected chi connectivity index (χ2v) is 4.92. The number of anilines is 1. The first kappa shape index (κ1) is 13.3. The fourth-order valence-electron chi connectivity index (χ4n) is 2.22. The highest BCUT2D eigenvalue weighted by Crippen LogP contribution is 2.16. The fourth-order valence-corrected chi connectivity index (χ4v) is 2.22. The predicted molar refractivity (Wildman–Crippen MR) is 76.9 cm³/mol. The van der Waals surface area contributed by atoms with Crippen LogP contribution in [0.25, 0.3) is 0 Å². The van der Waals surface area contributed by atoms with Gasteiger partial charge in [-0.25, -0.2) is 0 Å². The summed E-state index contributed by atoms with van der Waals surface area (Å²) in [4.78, 5) is 4.83. The van der Waals surface area contributed by atoms with Gasteiger partial charge in [0.2, 0.25) is 0 Å². The lowest BCUT2D eigenvalue weighted by atomic mass is 10.2. The first-order chi connectivity index (χ1) is 8.79. The van der Waals surface area contributed by atoms with Gasteiger partial charge in [-0.2, -0.15) is 0 Å². The number of hydrogen-bond donors (Lipinski definition) is 2. The van der Waals surface area contributed by atoms with E-state index < -0.39 is 0 Å². The van der Waals surface area contributed by atoms with E-state index in [1.54, 1.807) is 0 Å². The van der Waals surface area contributed by atoms with E-state index in [9.17, 15) is 0 Å². The van der Waals surface area contributed by atoms with E-state index in [1.807, 2.05) is 0 Å². The van der Waals surface area contributed by atoms with Gasteiger partial charge < -0.3 is 20.9 Å². The topological polar surface area (TPSA) is 44.5 Å². The number of likely N-dealkylation sites (N-methyl/N-ethyl adjacent to an activating group) is 1. The van der Waals surface area contributed by atoms with Crippen molar-refractivity contribution in [3.8, 4) is 0 Å². The number of nitrogens with two attached hydrogens (primary N) is 1. The summed E-state index contributed by atoms with van der Waals surface area (Å²) in [5.74, 6) is 0. The minimum atomic E-state index is 0.694. The summed E-state index contributed by atoms with van der Waals surface area (Å²) in [6.45, 7) is 7.03. The summed E-state index contributed by atoms with van der Waals surface area (Å²) < 4.78 is 0. The Balaban J connectivity index is 1.87. The molecule has 0 unspecified atom stereocenters. The van der Waals surface area contributed by atoms with Gasteiger partial charge in [0.1, 0.15) is 0 Å². The second-order valence-electron chi connectivity index (χ2n) is 4.92. The monoisotopic (exact) mass is 248 g/mol. The van der Waals surface area contributed by atoms with Crippen LogP contribution in [0, 0.1) is 0 Å². The summed E-state index contributed by atoms with van der Waals surface area (Å²) >= 11 is 0. The molecule has 0 aromatic heterocycles. The molecule has 18 heavy (non-hydrogen) atoms. The van der Waals surface area contributed by atoms with Crippen LogP contribution >= 0.6 is 0 Å². The number of hydrogen-bond acceptors (Lipinski definition) is 4. The van der Waals surface area contributed by atoms with Crippen LogP contribution in [-0.2, 0) is 6.54 Å². The van der Waals surface area contributed by atoms with Gasteiger partial charge in [0.25, 0.3) is 0 Å². The molecule has 1 saturated heterocycles. The number of nitrogens with one attached hydrogen (secondary N) is 1. The van der Waals surface area contributed by atoms with E-state index in [1.165, 1.54) is 11.3 Å². The summed E-state index contributed by atoms with van der Waals surface area (Å²) in [6, 6.07) is 8.86. The van der Waals surface area contributed by atoms with Crippen LogP contribution in [0.4, 0.5) is 5.69 Å². The highest BCUT2D eigenvalue weighted by molar-refractivity contribution is 5.48. The standard InChI is InChI=1S/C14H24N4/c1-17-8-10-18(11-9-17)14-4-2-13(3-5-14)12-16-7-6-15/h2-5,16H,6-12,15H2,1H3. The van der Waals surface area contributed by atoms with Crippen molar-refractivity contribution in [1.82, 2.24) is 10.2 Å². The number of rotatable bonds is 5. The Hall–Kier alpha value is -1.10. The van der Waals surface area contributed by atoms with Gasteiger partial charge in [0.05, 0.1) is 0 Å². The van der Waals surface area contributed by atoms with Crippen LogP contribution in [0.3, 0.4) is 0 Å². The van der Waals surface area contributed by atoms with Crippen LogP contribution in [0.15, 0.2) is 24.3 Å². The van der Waals surface area contributed by atoms with Crippen molar-refractivity contribution in [3.05, 3.63) is 29.8 Å². The summed E-state index contributed by atoms with van der Waals surface area (Å²) in [5.41, 5.74) is 8.11. The summed E-state index contributed by atoms with van der Waals surface area (Å²) in [7, 11) is 2.18. The van der Waals surface area contributed by atoms with E-state index in [-0.39, 0.29) is 0 Å². The van der Waals surface area contributed by atoms with Crippen LogP contribution < -0.4 is 16.0 Å². The van der Waals surface area contributed by atoms with Crippen molar-refractivity contribution in [2.45, 2.75) is 6.54 Å². The van der Waals surface area contributed by atoms with E-state index in [4.69, 9.17) is 5.73 Å². The quantitative estimate of drug-likeness (QED) is 0.744. The van der Waals surface area contributed by atoms with Gasteiger partial charge in [0, 0.05) is 51.5 Å². The molecule has 0 radical (unpaired) electrons. The molecule has 0 amide bonds. The lowest BCUT2D eigenvalue weighted by molar-refractivity contribution is 0.313. The predicted octanol–water partition coefficient (Wildman–Crippen LogP) is 0.487. The fraction of sp³-hybridized carbons (Fsp3) is 0.571. The highest BCUT2D eigenvalue weighted by atomic mass is 15.2. The second kappa shape index (κ2) is 6.73. The molecule has 1 aliphatic rings. The van der Waals surface area contributed by atoms with Crippen molar-refractivity contribution in [1.29, 1.82) is 0 Å². The van der Waals surface area contributed by atoms with Crippen molar-refractivity contribution >= 4 is 5.69 Å². The Morgan fingerprint density at radius 1 is 1.11 bits per heavy atom. The minimum absolute atomic E-state index is 0.694. The minimum Gasteiger partial charge on any atom is -0.369 e. The molecule has 1 aromatic carbocycles. The van der Waals surface area contributed by atoms with Crippen molar-refractivity contribution in [2.75, 3.05) is 51.2 Å². The maximum absolute atomic E-state index is 5.45. The maximum Gasteiger partial charge on any atom is 0.0367 e. The van der Waals surface area contributed by atoms with Crippen molar-refractivity contribution in [3.63, 3.8) is 0 Å². The van der Waals surface area contributed by atoms with Crippen LogP contribution in [0.1, 0.15) is 5.56 Å². The van der Waals surface area contributed by atoms with Gasteiger partial charge in [-0.05, 0) is 24.7 Å². The lowest BCUT2D eigenvalue weighted by Crippen LogP contribution is -2.44. The normalized spacial score (nSPS) is 17.1. The molecular formula is C14H24N4. The van der Waals surface area contributed by atoms with Crippen molar-refractivity contribution < 1.29 is 0 Å². The number of benzene rings is 1. The van der Waals surface area contributed by atoms with E-state index in [0.717, 1.165) is 39.3 Å². The average Bonchev–Trinajstić information content (AvgIpc) is 2.41. The molecule has 0 saturated carbocycles. The van der Waals surface area contributed by atoms with E-state index in [2.05, 4.69) is 46.4 Å². The lowest BCUT2D eigenvalue weighted by Gasteiger charge is -2.34. The van der Waals surface area contributed by atoms with Crippen LogP contribution in [0.2, 0.25) is 0 Å². The molecule has 4 nitrogen and oxygen atoms in total. The first-order valence-electron chi connectivity index (χ1n) is 6.73. The van der Waals surface area contributed by atoms with Crippen molar-refractivity contribution in [2.24, 2.45) is 5.73 Å². The zero-order chi connectivity index (χ0) is 12.8. The Kier molecular flexibility index (Phi) is 4.99. The molecule has 3 N–H and O–H groups in total. The van der Waals surface area contributed by atoms with E-state index >= 15 is 0 Å². The van der Waals surface area contributed by atoms with Gasteiger partial charge in [-0.15, -0.1) is 0 Å². The van der Waals surface area contributed by atoms with Gasteiger partial charge in [-0.3, -0.25) is 0 Å². The molecule has 100 valence electrons. The molecule has 1 aliphatic heterocycles. The Bertz CT molecular complexity index is 341. The average molecular weight is 248 g/mol. The van der Waals surface area contributed by atoms with Crippen LogP contribution in [-0.4, -0.2) is 51.2 Å². The Morgan fingerprint density at radius 3 is 2.39 bits per heavy atom. The zero-order valence-electron chi connectivity index (χ0n) is 11.2. The largest absolute Gasteiger partial charge is 0.369 e. The molecule has 1 fully saturated rings. The highest BCUT2D eigenvalue weighted by Gasteiger charge is 2.13. The molecule has 0 aliphatic carbocycles. The van der Waals surface area contributed by atoms with Gasteiger partial charge in [0.15, 0.2) is 0 Å². The smallest absolute Gasteiger partial charge is 0.0367 e. The first-order valence-corrected chi connectivity index (χ1v) is 6.73. The maximum atomic E-state index is 5.45. The SMILES string of the molecule is CN1CCN(c2ccc(CNCCN)cc2)CC1. The molecule has 4 heteroatoms. The number of piperazine rings is 1. The Labute approximate surface area is 110 Å².